The summed E-state index contributed by atoms with van der Waals surface area (Å²) in [5, 5.41) is 3.78. The van der Waals surface area contributed by atoms with Crippen molar-refractivity contribution in [2.24, 2.45) is 5.92 Å². The van der Waals surface area contributed by atoms with Crippen LogP contribution in [0.25, 0.3) is 0 Å². The number of nitrogens with one attached hydrogen (secondary N) is 1. The van der Waals surface area contributed by atoms with Gasteiger partial charge in [-0.15, -0.1) is 0 Å². The summed E-state index contributed by atoms with van der Waals surface area (Å²) < 4.78 is 5.32. The van der Waals surface area contributed by atoms with Gasteiger partial charge in [0.1, 0.15) is 16.8 Å². The standard InChI is InChI=1S/C11H16ClN3O/c1-2-10-14-9(12)5-11(15-10)13-6-8-3-4-16-7-8/h5,8H,2-4,6-7H2,1H3,(H,13,14,15). The average molecular weight is 242 g/mol. The van der Waals surface area contributed by atoms with Gasteiger partial charge in [-0.3, -0.25) is 0 Å². The Kier molecular flexibility index (Phi) is 3.96. The molecule has 1 aromatic heterocycles. The van der Waals surface area contributed by atoms with Crippen molar-refractivity contribution in [3.8, 4) is 0 Å². The van der Waals surface area contributed by atoms with Crippen LogP contribution in [-0.4, -0.2) is 29.7 Å². The van der Waals surface area contributed by atoms with E-state index in [9.17, 15) is 0 Å². The van der Waals surface area contributed by atoms with Crippen molar-refractivity contribution in [1.29, 1.82) is 0 Å². The van der Waals surface area contributed by atoms with Crippen molar-refractivity contribution in [3.63, 3.8) is 0 Å². The quantitative estimate of drug-likeness (QED) is 0.821. The molecule has 0 bridgehead atoms. The predicted molar refractivity (Wildman–Crippen MR) is 63.8 cm³/mol. The fourth-order valence-corrected chi connectivity index (χ4v) is 1.91. The molecule has 1 N–H and O–H groups in total. The molecule has 88 valence electrons. The smallest absolute Gasteiger partial charge is 0.134 e. The van der Waals surface area contributed by atoms with Gasteiger partial charge in [0.25, 0.3) is 0 Å². The summed E-state index contributed by atoms with van der Waals surface area (Å²) >= 11 is 5.91. The van der Waals surface area contributed by atoms with Crippen molar-refractivity contribution in [2.75, 3.05) is 25.1 Å². The molecule has 1 unspecified atom stereocenters. The van der Waals surface area contributed by atoms with Crippen molar-refractivity contribution in [3.05, 3.63) is 17.0 Å². The van der Waals surface area contributed by atoms with Crippen LogP contribution in [0.4, 0.5) is 5.82 Å². The number of halogens is 1. The molecule has 0 aromatic carbocycles. The van der Waals surface area contributed by atoms with Gasteiger partial charge in [-0.1, -0.05) is 18.5 Å². The van der Waals surface area contributed by atoms with Gasteiger partial charge in [-0.05, 0) is 6.42 Å². The van der Waals surface area contributed by atoms with Gasteiger partial charge in [0.05, 0.1) is 6.61 Å². The first-order valence-corrected chi connectivity index (χ1v) is 6.01. The fraction of sp³-hybridized carbons (Fsp3) is 0.636. The highest BCUT2D eigenvalue weighted by atomic mass is 35.5. The molecule has 1 saturated heterocycles. The number of aryl methyl sites for hydroxylation is 1. The molecule has 2 heterocycles. The monoisotopic (exact) mass is 241 g/mol. The first-order valence-electron chi connectivity index (χ1n) is 5.63. The average Bonchev–Trinajstić information content (AvgIpc) is 2.78. The van der Waals surface area contributed by atoms with Crippen LogP contribution in [0.3, 0.4) is 0 Å². The number of aromatic nitrogens is 2. The lowest BCUT2D eigenvalue weighted by Crippen LogP contribution is -2.15. The molecule has 0 radical (unpaired) electrons. The van der Waals surface area contributed by atoms with Gasteiger partial charge < -0.3 is 10.1 Å². The Balaban J connectivity index is 1.94. The minimum absolute atomic E-state index is 0.497. The Morgan fingerprint density at radius 2 is 2.44 bits per heavy atom. The molecule has 0 spiro atoms. The highest BCUT2D eigenvalue weighted by molar-refractivity contribution is 6.29. The molecule has 16 heavy (non-hydrogen) atoms. The third kappa shape index (κ3) is 3.06. The molecule has 1 atom stereocenters. The maximum atomic E-state index is 5.91. The molecule has 1 fully saturated rings. The maximum Gasteiger partial charge on any atom is 0.134 e. The molecular formula is C11H16ClN3O. The van der Waals surface area contributed by atoms with Crippen LogP contribution < -0.4 is 5.32 Å². The Hall–Kier alpha value is -0.870. The van der Waals surface area contributed by atoms with E-state index in [4.69, 9.17) is 16.3 Å². The Labute approximate surface area is 100 Å². The highest BCUT2D eigenvalue weighted by Gasteiger charge is 2.15. The van der Waals surface area contributed by atoms with E-state index in [1.165, 1.54) is 0 Å². The fourth-order valence-electron chi connectivity index (χ4n) is 1.71. The van der Waals surface area contributed by atoms with Crippen molar-refractivity contribution < 1.29 is 4.74 Å². The van der Waals surface area contributed by atoms with Crippen LogP contribution in [0.15, 0.2) is 6.07 Å². The number of anilines is 1. The van der Waals surface area contributed by atoms with E-state index in [0.29, 0.717) is 11.1 Å². The summed E-state index contributed by atoms with van der Waals surface area (Å²) in [6.45, 7) is 4.61. The molecule has 5 heteroatoms. The van der Waals surface area contributed by atoms with E-state index >= 15 is 0 Å². The molecular weight excluding hydrogens is 226 g/mol. The lowest BCUT2D eigenvalue weighted by Gasteiger charge is -2.10. The molecule has 2 rings (SSSR count). The van der Waals surface area contributed by atoms with Crippen LogP contribution in [0.2, 0.25) is 5.15 Å². The van der Waals surface area contributed by atoms with E-state index in [2.05, 4.69) is 15.3 Å². The maximum absolute atomic E-state index is 5.91. The summed E-state index contributed by atoms with van der Waals surface area (Å²) in [6, 6.07) is 1.76. The largest absolute Gasteiger partial charge is 0.381 e. The van der Waals surface area contributed by atoms with Gasteiger partial charge in [-0.25, -0.2) is 9.97 Å². The SMILES string of the molecule is CCc1nc(Cl)cc(NCC2CCOC2)n1. The van der Waals surface area contributed by atoms with E-state index in [-0.39, 0.29) is 0 Å². The van der Waals surface area contributed by atoms with Gasteiger partial charge in [0.2, 0.25) is 0 Å². The van der Waals surface area contributed by atoms with Gasteiger partial charge in [0, 0.05) is 31.6 Å². The molecule has 0 saturated carbocycles. The van der Waals surface area contributed by atoms with E-state index in [1.54, 1.807) is 6.07 Å². The molecule has 0 aliphatic carbocycles. The zero-order valence-electron chi connectivity index (χ0n) is 9.37. The first-order chi connectivity index (χ1) is 7.78. The van der Waals surface area contributed by atoms with E-state index in [1.807, 2.05) is 6.92 Å². The van der Waals surface area contributed by atoms with Crippen LogP contribution >= 0.6 is 11.6 Å². The number of hydrogen-bond donors (Lipinski definition) is 1. The molecule has 1 aliphatic heterocycles. The van der Waals surface area contributed by atoms with Crippen LogP contribution in [0.1, 0.15) is 19.2 Å². The van der Waals surface area contributed by atoms with Crippen LogP contribution in [-0.2, 0) is 11.2 Å². The minimum Gasteiger partial charge on any atom is -0.381 e. The number of ether oxygens (including phenoxy) is 1. The Morgan fingerprint density at radius 3 is 3.12 bits per heavy atom. The van der Waals surface area contributed by atoms with E-state index < -0.39 is 0 Å². The summed E-state index contributed by atoms with van der Waals surface area (Å²) in [6.07, 6.45) is 1.91. The number of rotatable bonds is 4. The molecule has 1 aromatic rings. The molecule has 0 amide bonds. The number of hydrogen-bond acceptors (Lipinski definition) is 4. The molecule has 1 aliphatic rings. The van der Waals surface area contributed by atoms with Crippen LogP contribution in [0, 0.1) is 5.92 Å². The lowest BCUT2D eigenvalue weighted by molar-refractivity contribution is 0.187. The second kappa shape index (κ2) is 5.46. The highest BCUT2D eigenvalue weighted by Crippen LogP contribution is 2.15. The second-order valence-electron chi connectivity index (χ2n) is 3.96. The van der Waals surface area contributed by atoms with Crippen LogP contribution in [0.5, 0.6) is 0 Å². The van der Waals surface area contributed by atoms with Crippen molar-refractivity contribution in [2.45, 2.75) is 19.8 Å². The Morgan fingerprint density at radius 1 is 1.56 bits per heavy atom. The Bertz CT molecular complexity index is 353. The summed E-state index contributed by atoms with van der Waals surface area (Å²) in [5.74, 6) is 2.17. The number of nitrogens with zero attached hydrogens (tertiary/aromatic N) is 2. The van der Waals surface area contributed by atoms with Crippen molar-refractivity contribution >= 4 is 17.4 Å². The van der Waals surface area contributed by atoms with Gasteiger partial charge >= 0.3 is 0 Å². The minimum atomic E-state index is 0.497. The summed E-state index contributed by atoms with van der Waals surface area (Å²) in [5.41, 5.74) is 0. The lowest BCUT2D eigenvalue weighted by atomic mass is 10.1. The summed E-state index contributed by atoms with van der Waals surface area (Å²) in [4.78, 5) is 8.49. The first kappa shape index (κ1) is 11.6. The zero-order valence-corrected chi connectivity index (χ0v) is 10.1. The van der Waals surface area contributed by atoms with Crippen molar-refractivity contribution in [1.82, 2.24) is 9.97 Å². The molecule has 4 nitrogen and oxygen atoms in total. The third-order valence-electron chi connectivity index (χ3n) is 2.65. The van der Waals surface area contributed by atoms with Gasteiger partial charge in [-0.2, -0.15) is 0 Å². The van der Waals surface area contributed by atoms with E-state index in [0.717, 1.165) is 44.2 Å². The zero-order chi connectivity index (χ0) is 11.4. The second-order valence-corrected chi connectivity index (χ2v) is 4.34. The predicted octanol–water partition coefficient (Wildman–Crippen LogP) is 2.14. The third-order valence-corrected chi connectivity index (χ3v) is 2.85. The summed E-state index contributed by atoms with van der Waals surface area (Å²) in [7, 11) is 0. The topological polar surface area (TPSA) is 47.0 Å². The normalized spacial score (nSPS) is 20.0. The van der Waals surface area contributed by atoms with Gasteiger partial charge in [0.15, 0.2) is 0 Å².